The topological polar surface area (TPSA) is 143 Å². The largest absolute Gasteiger partial charge is 0.456 e. The molecule has 35 heavy (non-hydrogen) atoms. The number of ether oxygens (including phenoxy) is 1. The first kappa shape index (κ1) is 26.6. The Morgan fingerprint density at radius 1 is 0.886 bits per heavy atom. The summed E-state index contributed by atoms with van der Waals surface area (Å²) in [5.41, 5.74) is 0.814. The molecule has 3 atom stereocenters. The lowest BCUT2D eigenvalue weighted by atomic mass is 10.0. The Balaban J connectivity index is 1.88. The van der Waals surface area contributed by atoms with Crippen LogP contribution in [0.4, 0.5) is 0 Å². The van der Waals surface area contributed by atoms with Crippen molar-refractivity contribution in [3.8, 4) is 0 Å². The van der Waals surface area contributed by atoms with Crippen molar-refractivity contribution in [2.45, 2.75) is 37.5 Å². The summed E-state index contributed by atoms with van der Waals surface area (Å²) in [6.45, 7) is -0.753. The Bertz CT molecular complexity index is 959. The predicted molar refractivity (Wildman–Crippen MR) is 133 cm³/mol. The van der Waals surface area contributed by atoms with E-state index in [4.69, 9.17) is 4.74 Å². The lowest BCUT2D eigenvalue weighted by Crippen LogP contribution is -2.56. The summed E-state index contributed by atoms with van der Waals surface area (Å²) in [6.07, 6.45) is 3.29. The highest BCUT2D eigenvalue weighted by Gasteiger charge is 2.28. The first-order valence-corrected chi connectivity index (χ1v) is 13.7. The minimum absolute atomic E-state index is 0.175. The predicted octanol–water partition coefficient (Wildman–Crippen LogP) is 0.0879. The summed E-state index contributed by atoms with van der Waals surface area (Å²) >= 11 is 0. The molecule has 1 fully saturated rings. The van der Waals surface area contributed by atoms with E-state index in [1.54, 1.807) is 6.08 Å². The van der Waals surface area contributed by atoms with Gasteiger partial charge in [-0.25, -0.2) is 0 Å². The number of rotatable bonds is 2. The molecule has 1 aromatic rings. The summed E-state index contributed by atoms with van der Waals surface area (Å²) in [5.74, 6) is -1.86. The Kier molecular flexibility index (Phi) is 10.5. The van der Waals surface area contributed by atoms with Crippen LogP contribution in [-0.4, -0.2) is 72.4 Å². The zero-order valence-electron chi connectivity index (χ0n) is 19.0. The van der Waals surface area contributed by atoms with Gasteiger partial charge in [0.1, 0.15) is 24.7 Å². The van der Waals surface area contributed by atoms with Gasteiger partial charge < -0.3 is 26.0 Å². The first-order valence-electron chi connectivity index (χ1n) is 11.2. The fourth-order valence-electron chi connectivity index (χ4n) is 3.37. The monoisotopic (exact) mass is 520 g/mol. The molecule has 0 radical (unpaired) electrons. The molecule has 0 spiro atoms. The van der Waals surface area contributed by atoms with Crippen molar-refractivity contribution < 1.29 is 28.7 Å². The maximum atomic E-state index is 13.1. The van der Waals surface area contributed by atoms with E-state index in [1.807, 2.05) is 36.4 Å². The molecule has 3 rings (SSSR count). The van der Waals surface area contributed by atoms with Gasteiger partial charge in [-0.05, 0) is 18.1 Å². The smallest absolute Gasteiger partial charge is 0.326 e. The summed E-state index contributed by atoms with van der Waals surface area (Å²) in [7, 11) is 2.95. The van der Waals surface area contributed by atoms with Crippen LogP contribution in [0.2, 0.25) is 0 Å². The van der Waals surface area contributed by atoms with Crippen LogP contribution in [0.3, 0.4) is 0 Å². The molecule has 12 heteroatoms. The quantitative estimate of drug-likeness (QED) is 0.244. The fraction of sp³-hybridized carbons (Fsp3) is 0.435. The van der Waals surface area contributed by atoms with E-state index in [1.165, 1.54) is 21.6 Å². The highest BCUT2D eigenvalue weighted by molar-refractivity contribution is 8.76. The zero-order chi connectivity index (χ0) is 25.0. The number of carbonyl (C=O) groups excluding carboxylic acids is 5. The van der Waals surface area contributed by atoms with E-state index in [0.29, 0.717) is 12.2 Å². The molecular weight excluding hydrogens is 492 g/mol. The van der Waals surface area contributed by atoms with Crippen molar-refractivity contribution in [1.82, 2.24) is 21.3 Å². The number of carbonyl (C=O) groups is 5. The van der Waals surface area contributed by atoms with Crippen LogP contribution in [0, 0.1) is 0 Å². The van der Waals surface area contributed by atoms with Crippen LogP contribution < -0.4 is 21.3 Å². The van der Waals surface area contributed by atoms with Crippen molar-refractivity contribution in [2.24, 2.45) is 0 Å². The van der Waals surface area contributed by atoms with E-state index in [0.717, 1.165) is 5.56 Å². The summed E-state index contributed by atoms with van der Waals surface area (Å²) < 4.78 is 5.39. The first-order chi connectivity index (χ1) is 16.9. The third kappa shape index (κ3) is 9.29. The third-order valence-corrected chi connectivity index (χ3v) is 7.57. The van der Waals surface area contributed by atoms with E-state index in [2.05, 4.69) is 21.3 Å². The zero-order valence-corrected chi connectivity index (χ0v) is 20.6. The average Bonchev–Trinajstić information content (AvgIpc) is 2.84. The number of allylic oxidation sites excluding steroid dienone is 1. The standard InChI is InChI=1S/C23H28N4O6S2/c28-19-11-16-8-4-5-9-34-35-14-18(26-20(29)12-24-19)23(32)27-17(10-15-6-2-1-3-7-15)22(31)25-13-21(30)33-16/h1-4,6-8,16-18H,5,9-14H2,(H,24,28)(H,25,31)(H,26,29)(H,27,32)/b8-4+/t16-,17+,18-/m1/s1. The molecule has 1 aromatic carbocycles. The maximum Gasteiger partial charge on any atom is 0.326 e. The van der Waals surface area contributed by atoms with Gasteiger partial charge in [-0.1, -0.05) is 58.0 Å². The minimum Gasteiger partial charge on any atom is -0.456 e. The number of amides is 4. The van der Waals surface area contributed by atoms with Crippen molar-refractivity contribution in [3.05, 3.63) is 48.0 Å². The highest BCUT2D eigenvalue weighted by atomic mass is 33.1. The molecule has 10 nitrogen and oxygen atoms in total. The van der Waals surface area contributed by atoms with Crippen molar-refractivity contribution in [3.63, 3.8) is 0 Å². The Labute approximate surface area is 211 Å². The van der Waals surface area contributed by atoms with Gasteiger partial charge in [0.2, 0.25) is 23.6 Å². The molecule has 188 valence electrons. The van der Waals surface area contributed by atoms with Crippen LogP contribution in [0.1, 0.15) is 18.4 Å². The fourth-order valence-corrected chi connectivity index (χ4v) is 5.53. The summed E-state index contributed by atoms with van der Waals surface area (Å²) in [4.78, 5) is 63.2. The summed E-state index contributed by atoms with van der Waals surface area (Å²) in [6, 6.07) is 7.24. The molecular formula is C23H28N4O6S2. The molecule has 2 bridgehead atoms. The Morgan fingerprint density at radius 2 is 1.69 bits per heavy atom. The number of fused-ring (bicyclic) bond motifs is 7. The van der Waals surface area contributed by atoms with Crippen LogP contribution in [-0.2, 0) is 35.1 Å². The van der Waals surface area contributed by atoms with Crippen LogP contribution in [0.5, 0.6) is 0 Å². The average molecular weight is 521 g/mol. The van der Waals surface area contributed by atoms with Crippen LogP contribution in [0.25, 0.3) is 0 Å². The molecule has 0 unspecified atom stereocenters. The lowest BCUT2D eigenvalue weighted by molar-refractivity contribution is -0.148. The second-order valence-electron chi connectivity index (χ2n) is 7.92. The molecule has 1 saturated heterocycles. The van der Waals surface area contributed by atoms with Crippen molar-refractivity contribution >= 4 is 51.2 Å². The van der Waals surface area contributed by atoms with Gasteiger partial charge >= 0.3 is 5.97 Å². The van der Waals surface area contributed by atoms with Gasteiger partial charge in [-0.2, -0.15) is 0 Å². The molecule has 2 heterocycles. The van der Waals surface area contributed by atoms with Gasteiger partial charge in [-0.15, -0.1) is 0 Å². The molecule has 4 amide bonds. The van der Waals surface area contributed by atoms with Gasteiger partial charge in [-0.3, -0.25) is 24.0 Å². The van der Waals surface area contributed by atoms with Crippen molar-refractivity contribution in [2.75, 3.05) is 24.6 Å². The van der Waals surface area contributed by atoms with Crippen LogP contribution in [0.15, 0.2) is 42.5 Å². The van der Waals surface area contributed by atoms with Gasteiger partial charge in [0, 0.05) is 17.9 Å². The number of esters is 1. The number of nitrogens with one attached hydrogen (secondary N) is 4. The molecule has 0 saturated carbocycles. The van der Waals surface area contributed by atoms with Gasteiger partial charge in [0.15, 0.2) is 0 Å². The number of hydrogen-bond donors (Lipinski definition) is 4. The van der Waals surface area contributed by atoms with Gasteiger partial charge in [0.25, 0.3) is 0 Å². The molecule has 4 N–H and O–H groups in total. The second kappa shape index (κ2) is 13.8. The molecule has 2 aliphatic rings. The molecule has 0 aromatic heterocycles. The number of benzene rings is 1. The van der Waals surface area contributed by atoms with E-state index in [9.17, 15) is 24.0 Å². The number of hydrogen-bond acceptors (Lipinski definition) is 8. The second-order valence-corrected chi connectivity index (χ2v) is 10.5. The minimum atomic E-state index is -0.978. The summed E-state index contributed by atoms with van der Waals surface area (Å²) in [5, 5.41) is 10.4. The van der Waals surface area contributed by atoms with E-state index < -0.39 is 54.3 Å². The van der Waals surface area contributed by atoms with E-state index in [-0.39, 0.29) is 25.1 Å². The van der Waals surface area contributed by atoms with Crippen molar-refractivity contribution in [1.29, 1.82) is 0 Å². The third-order valence-electron chi connectivity index (χ3n) is 5.13. The van der Waals surface area contributed by atoms with Gasteiger partial charge in [0.05, 0.1) is 13.0 Å². The molecule has 2 aliphatic heterocycles. The molecule has 0 aliphatic carbocycles. The SMILES string of the molecule is O=C1C[C@H]2/C=C/CCSSC[C@@H](NC(=O)CN1)C(=O)N[C@@H](Cc1ccccc1)C(=O)NCC(=O)O2. The normalized spacial score (nSPS) is 26.3. The maximum absolute atomic E-state index is 13.1. The Hall–Kier alpha value is -2.99. The Morgan fingerprint density at radius 3 is 2.49 bits per heavy atom. The van der Waals surface area contributed by atoms with Crippen LogP contribution >= 0.6 is 21.6 Å². The highest BCUT2D eigenvalue weighted by Crippen LogP contribution is 2.23. The lowest BCUT2D eigenvalue weighted by Gasteiger charge is -2.23. The van der Waals surface area contributed by atoms with E-state index >= 15 is 0 Å².